The maximum absolute atomic E-state index is 9.99. The number of imidazole rings is 1. The normalized spacial score (nSPS) is 11.7. The summed E-state index contributed by atoms with van der Waals surface area (Å²) in [5.41, 5.74) is 2.01. The van der Waals surface area contributed by atoms with E-state index < -0.39 is 0 Å². The quantitative estimate of drug-likeness (QED) is 0.673. The molecule has 0 unspecified atom stereocenters. The highest BCUT2D eigenvalue weighted by molar-refractivity contribution is 5.60. The van der Waals surface area contributed by atoms with E-state index in [9.17, 15) is 5.11 Å². The lowest BCUT2D eigenvalue weighted by atomic mass is 10.1. The summed E-state index contributed by atoms with van der Waals surface area (Å²) in [6, 6.07) is 10.8. The number of hydrogen-bond donors (Lipinski definition) is 1. The third kappa shape index (κ3) is 3.08. The first-order valence-corrected chi connectivity index (χ1v) is 7.94. The van der Waals surface area contributed by atoms with E-state index in [-0.39, 0.29) is 11.7 Å². The van der Waals surface area contributed by atoms with Gasteiger partial charge >= 0.3 is 0 Å². The molecule has 24 heavy (non-hydrogen) atoms. The predicted octanol–water partition coefficient (Wildman–Crippen LogP) is 4.98. The van der Waals surface area contributed by atoms with Gasteiger partial charge in [0.1, 0.15) is 5.75 Å². The molecule has 124 valence electrons. The van der Waals surface area contributed by atoms with Crippen LogP contribution in [0.5, 0.6) is 11.5 Å². The van der Waals surface area contributed by atoms with Gasteiger partial charge in [-0.3, -0.25) is 4.40 Å². The lowest BCUT2D eigenvalue weighted by molar-refractivity contribution is 0.340. The molecule has 0 atom stereocenters. The first-order chi connectivity index (χ1) is 11.6. The van der Waals surface area contributed by atoms with Gasteiger partial charge in [-0.25, -0.2) is 4.98 Å². The first kappa shape index (κ1) is 16.0. The molecule has 6 nitrogen and oxygen atoms in total. The fourth-order valence-corrected chi connectivity index (χ4v) is 2.43. The molecule has 0 spiro atoms. The molecule has 3 aromatic rings. The summed E-state index contributed by atoms with van der Waals surface area (Å²) in [5, 5.41) is 18.7. The van der Waals surface area contributed by atoms with Crippen molar-refractivity contribution in [2.75, 3.05) is 6.61 Å². The summed E-state index contributed by atoms with van der Waals surface area (Å²) in [6.07, 6.45) is 1.82. The largest absolute Gasteiger partial charge is 0.504 e. The second kappa shape index (κ2) is 6.70. The van der Waals surface area contributed by atoms with Crippen molar-refractivity contribution in [2.24, 2.45) is 10.2 Å². The fourth-order valence-electron chi connectivity index (χ4n) is 2.43. The van der Waals surface area contributed by atoms with Crippen molar-refractivity contribution in [1.29, 1.82) is 0 Å². The summed E-state index contributed by atoms with van der Waals surface area (Å²) >= 11 is 0. The van der Waals surface area contributed by atoms with Crippen LogP contribution in [0.15, 0.2) is 52.8 Å². The van der Waals surface area contributed by atoms with Gasteiger partial charge in [0.2, 0.25) is 0 Å². The molecule has 1 N–H and O–H groups in total. The number of pyridine rings is 1. The number of benzene rings is 1. The fraction of sp³-hybridized carbons (Fsp3) is 0.278. The first-order valence-electron chi connectivity index (χ1n) is 7.94. The van der Waals surface area contributed by atoms with Gasteiger partial charge in [-0.2, -0.15) is 0 Å². The molecule has 0 aliphatic rings. The summed E-state index contributed by atoms with van der Waals surface area (Å²) in [6.45, 7) is 6.65. The highest BCUT2D eigenvalue weighted by atomic mass is 16.5. The Morgan fingerprint density at radius 3 is 2.58 bits per heavy atom. The summed E-state index contributed by atoms with van der Waals surface area (Å²) in [4.78, 5) is 4.50. The molecule has 0 saturated heterocycles. The summed E-state index contributed by atoms with van der Waals surface area (Å²) in [7, 11) is 0. The lowest BCUT2D eigenvalue weighted by Gasteiger charge is -2.03. The van der Waals surface area contributed by atoms with Crippen LogP contribution in [0.4, 0.5) is 11.5 Å². The van der Waals surface area contributed by atoms with E-state index in [1.54, 1.807) is 16.5 Å². The highest BCUT2D eigenvalue weighted by Gasteiger charge is 2.16. The van der Waals surface area contributed by atoms with Crippen LogP contribution >= 0.6 is 0 Å². The van der Waals surface area contributed by atoms with E-state index in [0.29, 0.717) is 18.1 Å². The van der Waals surface area contributed by atoms with Crippen LogP contribution in [0.2, 0.25) is 0 Å². The van der Waals surface area contributed by atoms with Crippen LogP contribution in [-0.4, -0.2) is 21.1 Å². The average molecular weight is 324 g/mol. The Labute approximate surface area is 140 Å². The molecule has 0 aliphatic carbocycles. The minimum atomic E-state index is 0.127. The molecule has 1 aromatic carbocycles. The molecule has 2 aromatic heterocycles. The van der Waals surface area contributed by atoms with Crippen molar-refractivity contribution in [2.45, 2.75) is 26.7 Å². The van der Waals surface area contributed by atoms with E-state index >= 15 is 0 Å². The van der Waals surface area contributed by atoms with Crippen molar-refractivity contribution in [3.63, 3.8) is 0 Å². The molecule has 0 saturated carbocycles. The number of hydrogen-bond acceptors (Lipinski definition) is 5. The Kier molecular flexibility index (Phi) is 4.46. The van der Waals surface area contributed by atoms with Gasteiger partial charge in [0, 0.05) is 6.20 Å². The molecule has 6 heteroatoms. The number of aromatic nitrogens is 2. The summed E-state index contributed by atoms with van der Waals surface area (Å²) in [5.74, 6) is 1.73. The van der Waals surface area contributed by atoms with Gasteiger partial charge in [0.05, 0.1) is 18.0 Å². The maximum Gasteiger partial charge on any atom is 0.183 e. The van der Waals surface area contributed by atoms with Crippen LogP contribution in [0, 0.1) is 0 Å². The number of rotatable bonds is 5. The van der Waals surface area contributed by atoms with Crippen molar-refractivity contribution in [3.8, 4) is 11.5 Å². The monoisotopic (exact) mass is 324 g/mol. The zero-order valence-electron chi connectivity index (χ0n) is 14.0. The van der Waals surface area contributed by atoms with Crippen LogP contribution in [0.1, 0.15) is 32.4 Å². The third-order valence-corrected chi connectivity index (χ3v) is 3.58. The van der Waals surface area contributed by atoms with E-state index in [4.69, 9.17) is 4.74 Å². The van der Waals surface area contributed by atoms with Gasteiger partial charge in [0.15, 0.2) is 17.2 Å². The lowest BCUT2D eigenvalue weighted by Crippen LogP contribution is -1.89. The SMILES string of the molecule is CCOc1ccc(N=Nc2c(C(C)C)nc3c(O)cccn23)cc1. The third-order valence-electron chi connectivity index (χ3n) is 3.58. The molecule has 3 rings (SSSR count). The number of fused-ring (bicyclic) bond motifs is 1. The Hall–Kier alpha value is -2.89. The second-order valence-electron chi connectivity index (χ2n) is 5.69. The molecule has 0 bridgehead atoms. The molecular formula is C18H20N4O2. The van der Waals surface area contributed by atoms with Gasteiger partial charge in [-0.1, -0.05) is 13.8 Å². The standard InChI is InChI=1S/C18H20N4O2/c1-4-24-14-9-7-13(8-10-14)20-21-18-16(12(2)3)19-17-15(23)6-5-11-22(17)18/h5-12,23H,4H2,1-3H3. The highest BCUT2D eigenvalue weighted by Crippen LogP contribution is 2.32. The molecule has 0 aliphatic heterocycles. The van der Waals surface area contributed by atoms with Crippen molar-refractivity contribution >= 4 is 17.2 Å². The van der Waals surface area contributed by atoms with E-state index in [2.05, 4.69) is 15.2 Å². The number of aromatic hydroxyl groups is 1. The van der Waals surface area contributed by atoms with Gasteiger partial charge < -0.3 is 9.84 Å². The molecule has 0 radical (unpaired) electrons. The molecule has 0 fully saturated rings. The maximum atomic E-state index is 9.99. The van der Waals surface area contributed by atoms with Crippen molar-refractivity contribution in [1.82, 2.24) is 9.38 Å². The topological polar surface area (TPSA) is 71.5 Å². The van der Waals surface area contributed by atoms with E-state index in [1.807, 2.05) is 51.2 Å². The van der Waals surface area contributed by atoms with Crippen molar-refractivity contribution in [3.05, 3.63) is 48.3 Å². The van der Waals surface area contributed by atoms with Crippen molar-refractivity contribution < 1.29 is 9.84 Å². The Morgan fingerprint density at radius 2 is 1.92 bits per heavy atom. The Bertz CT molecular complexity index is 867. The van der Waals surface area contributed by atoms with Gasteiger partial charge in [-0.05, 0) is 49.2 Å². The van der Waals surface area contributed by atoms with Crippen LogP contribution in [0.25, 0.3) is 5.65 Å². The minimum absolute atomic E-state index is 0.127. The summed E-state index contributed by atoms with van der Waals surface area (Å²) < 4.78 is 7.17. The Morgan fingerprint density at radius 1 is 1.17 bits per heavy atom. The zero-order chi connectivity index (χ0) is 17.1. The predicted molar refractivity (Wildman–Crippen MR) is 92.7 cm³/mol. The smallest absolute Gasteiger partial charge is 0.183 e. The van der Waals surface area contributed by atoms with Gasteiger partial charge in [-0.15, -0.1) is 10.2 Å². The van der Waals surface area contributed by atoms with Gasteiger partial charge in [0.25, 0.3) is 0 Å². The number of azo groups is 1. The number of nitrogens with zero attached hydrogens (tertiary/aromatic N) is 4. The van der Waals surface area contributed by atoms with Crippen LogP contribution in [0.3, 0.4) is 0 Å². The van der Waals surface area contributed by atoms with E-state index in [1.165, 1.54) is 0 Å². The number of ether oxygens (including phenoxy) is 1. The molecular weight excluding hydrogens is 304 g/mol. The second-order valence-corrected chi connectivity index (χ2v) is 5.69. The molecule has 2 heterocycles. The van der Waals surface area contributed by atoms with E-state index in [0.717, 1.165) is 17.1 Å². The molecule has 0 amide bonds. The van der Waals surface area contributed by atoms with Crippen LogP contribution in [-0.2, 0) is 0 Å². The Balaban J connectivity index is 1.99. The zero-order valence-corrected chi connectivity index (χ0v) is 14.0. The van der Waals surface area contributed by atoms with Crippen LogP contribution < -0.4 is 4.74 Å². The average Bonchev–Trinajstić information content (AvgIpc) is 2.95. The minimum Gasteiger partial charge on any atom is -0.504 e.